The molecule has 3 aromatic rings. The third kappa shape index (κ3) is 4.26. The number of ketones is 1. The van der Waals surface area contributed by atoms with Gasteiger partial charge >= 0.3 is 0 Å². The molecule has 0 spiro atoms. The molecule has 138 valence electrons. The van der Waals surface area contributed by atoms with Crippen LogP contribution in [0.15, 0.2) is 48.7 Å². The van der Waals surface area contributed by atoms with Gasteiger partial charge in [-0.1, -0.05) is 18.5 Å². The number of halogens is 1. The van der Waals surface area contributed by atoms with Crippen molar-refractivity contribution >= 4 is 29.0 Å². The molecule has 6 heteroatoms. The number of aryl methyl sites for hydroxylation is 1. The number of pyridine rings is 1. The van der Waals surface area contributed by atoms with Gasteiger partial charge < -0.3 is 10.3 Å². The summed E-state index contributed by atoms with van der Waals surface area (Å²) < 4.78 is 0. The van der Waals surface area contributed by atoms with Gasteiger partial charge in [-0.2, -0.15) is 0 Å². The molecule has 5 nitrogen and oxygen atoms in total. The maximum Gasteiger partial charge on any atom is 0.221 e. The lowest BCUT2D eigenvalue weighted by Crippen LogP contribution is -2.07. The molecule has 0 radical (unpaired) electrons. The first kappa shape index (κ1) is 18.9. The molecule has 2 N–H and O–H groups in total. The summed E-state index contributed by atoms with van der Waals surface area (Å²) in [5, 5.41) is 3.29. The van der Waals surface area contributed by atoms with Crippen molar-refractivity contribution in [1.29, 1.82) is 0 Å². The topological polar surface area (TPSA) is 74.8 Å². The Hall–Kier alpha value is -2.92. The molecule has 1 amide bonds. The van der Waals surface area contributed by atoms with Crippen LogP contribution >= 0.6 is 11.6 Å². The van der Waals surface area contributed by atoms with Crippen molar-refractivity contribution in [3.63, 3.8) is 0 Å². The minimum atomic E-state index is -0.136. The second-order valence-corrected chi connectivity index (χ2v) is 6.93. The highest BCUT2D eigenvalue weighted by atomic mass is 35.5. The molecule has 0 saturated carbocycles. The summed E-state index contributed by atoms with van der Waals surface area (Å²) in [7, 11) is 0. The van der Waals surface area contributed by atoms with E-state index in [-0.39, 0.29) is 17.6 Å². The second kappa shape index (κ2) is 7.76. The number of H-pyrrole nitrogens is 1. The first-order valence-electron chi connectivity index (χ1n) is 8.58. The van der Waals surface area contributed by atoms with Gasteiger partial charge in [0.15, 0.2) is 0 Å². The van der Waals surface area contributed by atoms with Crippen LogP contribution in [-0.4, -0.2) is 21.7 Å². The number of nitrogens with zero attached hydrogens (tertiary/aromatic N) is 1. The number of rotatable bonds is 5. The molecule has 1 unspecified atom stereocenters. The van der Waals surface area contributed by atoms with Crippen LogP contribution < -0.4 is 5.32 Å². The van der Waals surface area contributed by atoms with Crippen LogP contribution in [0.3, 0.4) is 0 Å². The highest BCUT2D eigenvalue weighted by Crippen LogP contribution is 2.26. The van der Waals surface area contributed by atoms with Crippen molar-refractivity contribution in [2.45, 2.75) is 26.7 Å². The van der Waals surface area contributed by atoms with E-state index < -0.39 is 0 Å². The summed E-state index contributed by atoms with van der Waals surface area (Å²) in [6, 6.07) is 12.5. The lowest BCUT2D eigenvalue weighted by Gasteiger charge is -2.10. The predicted octanol–water partition coefficient (Wildman–Crippen LogP) is 4.71. The molecule has 27 heavy (non-hydrogen) atoms. The van der Waals surface area contributed by atoms with E-state index in [1.807, 2.05) is 32.0 Å². The van der Waals surface area contributed by atoms with Gasteiger partial charge in [0.1, 0.15) is 0 Å². The Balaban J connectivity index is 1.83. The minimum Gasteiger partial charge on any atom is -0.355 e. The number of benzene rings is 1. The molecule has 1 aromatic carbocycles. The van der Waals surface area contributed by atoms with E-state index in [2.05, 4.69) is 15.3 Å². The molecule has 0 bridgehead atoms. The number of hydrogen-bond donors (Lipinski definition) is 2. The predicted molar refractivity (Wildman–Crippen MR) is 106 cm³/mol. The van der Waals surface area contributed by atoms with Crippen molar-refractivity contribution in [3.05, 3.63) is 81.9 Å². The van der Waals surface area contributed by atoms with E-state index in [4.69, 9.17) is 11.6 Å². The van der Waals surface area contributed by atoms with Gasteiger partial charge in [0.25, 0.3) is 0 Å². The monoisotopic (exact) mass is 381 g/mol. The molecular weight excluding hydrogens is 362 g/mol. The van der Waals surface area contributed by atoms with Crippen LogP contribution in [0, 0.1) is 6.92 Å². The lowest BCUT2D eigenvalue weighted by atomic mass is 10.0. The summed E-state index contributed by atoms with van der Waals surface area (Å²) >= 11 is 5.90. The van der Waals surface area contributed by atoms with Crippen molar-refractivity contribution in [2.24, 2.45) is 0 Å². The zero-order valence-corrected chi connectivity index (χ0v) is 16.1. The molecule has 0 fully saturated rings. The number of aromatic amines is 1. The van der Waals surface area contributed by atoms with Crippen molar-refractivity contribution in [1.82, 2.24) is 9.97 Å². The lowest BCUT2D eigenvalue weighted by molar-refractivity contribution is -0.114. The molecule has 0 aliphatic carbocycles. The third-order valence-corrected chi connectivity index (χ3v) is 4.64. The number of carbonyl (C=O) groups excluding carboxylic acids is 2. The Morgan fingerprint density at radius 1 is 1.15 bits per heavy atom. The van der Waals surface area contributed by atoms with E-state index >= 15 is 0 Å². The van der Waals surface area contributed by atoms with E-state index in [9.17, 15) is 9.59 Å². The summed E-state index contributed by atoms with van der Waals surface area (Å²) in [6.07, 6.45) is 1.63. The third-order valence-electron chi connectivity index (χ3n) is 4.39. The van der Waals surface area contributed by atoms with Crippen LogP contribution in [0.25, 0.3) is 0 Å². The first-order chi connectivity index (χ1) is 12.8. The minimum absolute atomic E-state index is 0.0261. The van der Waals surface area contributed by atoms with E-state index in [0.717, 1.165) is 17.0 Å². The van der Waals surface area contributed by atoms with Gasteiger partial charge in [-0.3, -0.25) is 14.6 Å². The Labute approximate surface area is 162 Å². The number of anilines is 1. The molecule has 2 heterocycles. The number of nitrogens with one attached hydrogen (secondary N) is 2. The standard InChI is InChI=1S/C21H20ClN3O2/c1-12-10-19(13(2)18-9-8-17(11-23-18)24-14(3)26)25-20(12)21(27)15-4-6-16(22)7-5-15/h4-11,13,25H,1-3H3,(H,24,26). The quantitative estimate of drug-likeness (QED) is 0.628. The molecular formula is C21H20ClN3O2. The largest absolute Gasteiger partial charge is 0.355 e. The van der Waals surface area contributed by atoms with Gasteiger partial charge in [0.05, 0.1) is 17.6 Å². The molecule has 3 rings (SSSR count). The van der Waals surface area contributed by atoms with Crippen LogP contribution in [0.4, 0.5) is 5.69 Å². The summed E-state index contributed by atoms with van der Waals surface area (Å²) in [4.78, 5) is 31.6. The Kier molecular flexibility index (Phi) is 5.42. The van der Waals surface area contributed by atoms with Crippen LogP contribution in [0.5, 0.6) is 0 Å². The summed E-state index contributed by atoms with van der Waals surface area (Å²) in [5.41, 5.74) is 4.43. The van der Waals surface area contributed by atoms with Crippen molar-refractivity contribution < 1.29 is 9.59 Å². The zero-order chi connectivity index (χ0) is 19.6. The number of hydrogen-bond acceptors (Lipinski definition) is 3. The molecule has 2 aromatic heterocycles. The second-order valence-electron chi connectivity index (χ2n) is 6.49. The Bertz CT molecular complexity index is 976. The number of aromatic nitrogens is 2. The van der Waals surface area contributed by atoms with Crippen LogP contribution in [-0.2, 0) is 4.79 Å². The fraction of sp³-hybridized carbons (Fsp3) is 0.190. The van der Waals surface area contributed by atoms with Gasteiger partial charge in [-0.15, -0.1) is 0 Å². The zero-order valence-electron chi connectivity index (χ0n) is 15.3. The van der Waals surface area contributed by atoms with Gasteiger partial charge in [-0.05, 0) is 55.0 Å². The molecule has 0 saturated heterocycles. The molecule has 0 aliphatic rings. The van der Waals surface area contributed by atoms with Gasteiger partial charge in [-0.25, -0.2) is 0 Å². The van der Waals surface area contributed by atoms with E-state index in [1.54, 1.807) is 30.5 Å². The van der Waals surface area contributed by atoms with E-state index in [0.29, 0.717) is 22.0 Å². The number of carbonyl (C=O) groups is 2. The Morgan fingerprint density at radius 3 is 2.44 bits per heavy atom. The normalized spacial score (nSPS) is 11.9. The van der Waals surface area contributed by atoms with Gasteiger partial charge in [0, 0.05) is 34.8 Å². The first-order valence-corrected chi connectivity index (χ1v) is 8.96. The van der Waals surface area contributed by atoms with E-state index in [1.165, 1.54) is 6.92 Å². The van der Waals surface area contributed by atoms with Crippen molar-refractivity contribution in [3.8, 4) is 0 Å². The summed E-state index contributed by atoms with van der Waals surface area (Å²) in [6.45, 7) is 5.38. The van der Waals surface area contributed by atoms with Crippen LogP contribution in [0.1, 0.15) is 52.8 Å². The average Bonchev–Trinajstić information content (AvgIpc) is 3.03. The molecule has 1 atom stereocenters. The van der Waals surface area contributed by atoms with Crippen LogP contribution in [0.2, 0.25) is 5.02 Å². The maximum atomic E-state index is 12.8. The fourth-order valence-electron chi connectivity index (χ4n) is 2.90. The average molecular weight is 382 g/mol. The highest BCUT2D eigenvalue weighted by molar-refractivity contribution is 6.30. The summed E-state index contributed by atoms with van der Waals surface area (Å²) in [5.74, 6) is -0.235. The smallest absolute Gasteiger partial charge is 0.221 e. The maximum absolute atomic E-state index is 12.8. The SMILES string of the molecule is CC(=O)Nc1ccc(C(C)c2cc(C)c(C(=O)c3ccc(Cl)cc3)[nH]2)nc1. The highest BCUT2D eigenvalue weighted by Gasteiger charge is 2.19. The van der Waals surface area contributed by atoms with Crippen molar-refractivity contribution in [2.75, 3.05) is 5.32 Å². The molecule has 0 aliphatic heterocycles. The van der Waals surface area contributed by atoms with Gasteiger partial charge in [0.2, 0.25) is 11.7 Å². The Morgan fingerprint density at radius 2 is 1.85 bits per heavy atom. The fourth-order valence-corrected chi connectivity index (χ4v) is 3.02. The number of amides is 1.